The summed E-state index contributed by atoms with van der Waals surface area (Å²) in [7, 11) is 3.35. The standard InChI is InChI=1S/C11H15ClN2O3/c1-7(6-17-3)14(2)10-8(11(15)16)4-5-9(12)13-10/h4-5,7H,6H2,1-3H3,(H,15,16). The van der Waals surface area contributed by atoms with E-state index in [1.807, 2.05) is 6.92 Å². The van der Waals surface area contributed by atoms with E-state index in [1.54, 1.807) is 19.1 Å². The van der Waals surface area contributed by atoms with Gasteiger partial charge in [-0.1, -0.05) is 11.6 Å². The summed E-state index contributed by atoms with van der Waals surface area (Å²) in [5.74, 6) is -0.685. The Kier molecular flexibility index (Phi) is 4.72. The maximum absolute atomic E-state index is 11.1. The smallest absolute Gasteiger partial charge is 0.339 e. The molecule has 0 aliphatic rings. The minimum Gasteiger partial charge on any atom is -0.478 e. The van der Waals surface area contributed by atoms with Crippen molar-refractivity contribution in [2.45, 2.75) is 13.0 Å². The van der Waals surface area contributed by atoms with Crippen LogP contribution in [0, 0.1) is 0 Å². The number of halogens is 1. The first-order chi connectivity index (χ1) is 7.97. The van der Waals surface area contributed by atoms with Gasteiger partial charge in [0.15, 0.2) is 0 Å². The first-order valence-electron chi connectivity index (χ1n) is 5.09. The predicted octanol–water partition coefficient (Wildman–Crippen LogP) is 1.90. The van der Waals surface area contributed by atoms with Crippen molar-refractivity contribution in [3.8, 4) is 0 Å². The number of ether oxygens (including phenoxy) is 1. The van der Waals surface area contributed by atoms with Gasteiger partial charge in [-0.05, 0) is 19.1 Å². The van der Waals surface area contributed by atoms with Crippen LogP contribution in [-0.2, 0) is 4.74 Å². The molecular formula is C11H15ClN2O3. The molecule has 94 valence electrons. The van der Waals surface area contributed by atoms with E-state index in [4.69, 9.17) is 21.4 Å². The summed E-state index contributed by atoms with van der Waals surface area (Å²) >= 11 is 5.79. The van der Waals surface area contributed by atoms with Gasteiger partial charge in [0, 0.05) is 14.2 Å². The molecule has 1 aromatic heterocycles. The molecule has 0 bridgehead atoms. The van der Waals surface area contributed by atoms with Gasteiger partial charge in [-0.15, -0.1) is 0 Å². The van der Waals surface area contributed by atoms with Crippen LogP contribution in [0.4, 0.5) is 5.82 Å². The number of methoxy groups -OCH3 is 1. The van der Waals surface area contributed by atoms with Crippen LogP contribution in [0.15, 0.2) is 12.1 Å². The highest BCUT2D eigenvalue weighted by molar-refractivity contribution is 6.29. The van der Waals surface area contributed by atoms with Crippen LogP contribution in [0.25, 0.3) is 0 Å². The van der Waals surface area contributed by atoms with Gasteiger partial charge in [0.2, 0.25) is 0 Å². The molecule has 0 radical (unpaired) electrons. The molecule has 0 aromatic carbocycles. The largest absolute Gasteiger partial charge is 0.478 e. The van der Waals surface area contributed by atoms with E-state index in [0.717, 1.165) is 0 Å². The second-order valence-corrected chi connectivity index (χ2v) is 4.11. The Morgan fingerprint density at radius 3 is 2.82 bits per heavy atom. The van der Waals surface area contributed by atoms with Gasteiger partial charge in [-0.25, -0.2) is 9.78 Å². The van der Waals surface area contributed by atoms with Gasteiger partial charge in [0.25, 0.3) is 0 Å². The number of hydrogen-bond donors (Lipinski definition) is 1. The molecule has 1 rings (SSSR count). The van der Waals surface area contributed by atoms with E-state index >= 15 is 0 Å². The number of hydrogen-bond acceptors (Lipinski definition) is 4. The zero-order valence-corrected chi connectivity index (χ0v) is 10.7. The maximum Gasteiger partial charge on any atom is 0.339 e. The minimum absolute atomic E-state index is 0.00377. The van der Waals surface area contributed by atoms with Gasteiger partial charge in [-0.3, -0.25) is 0 Å². The molecule has 1 aromatic rings. The van der Waals surface area contributed by atoms with Crippen molar-refractivity contribution in [1.82, 2.24) is 4.98 Å². The molecule has 0 spiro atoms. The fourth-order valence-corrected chi connectivity index (χ4v) is 1.57. The topological polar surface area (TPSA) is 62.7 Å². The highest BCUT2D eigenvalue weighted by Crippen LogP contribution is 2.21. The van der Waals surface area contributed by atoms with Gasteiger partial charge in [0.1, 0.15) is 16.5 Å². The van der Waals surface area contributed by atoms with Crippen LogP contribution >= 0.6 is 11.6 Å². The lowest BCUT2D eigenvalue weighted by atomic mass is 10.2. The number of rotatable bonds is 5. The molecule has 1 N–H and O–H groups in total. The van der Waals surface area contributed by atoms with Crippen molar-refractivity contribution in [3.63, 3.8) is 0 Å². The fraction of sp³-hybridized carbons (Fsp3) is 0.455. The summed E-state index contributed by atoms with van der Waals surface area (Å²) < 4.78 is 5.03. The van der Waals surface area contributed by atoms with Crippen molar-refractivity contribution in [2.75, 3.05) is 25.7 Å². The lowest BCUT2D eigenvalue weighted by Crippen LogP contribution is -2.34. The summed E-state index contributed by atoms with van der Waals surface area (Å²) in [4.78, 5) is 16.9. The highest BCUT2D eigenvalue weighted by atomic mass is 35.5. The molecule has 6 heteroatoms. The van der Waals surface area contributed by atoms with Crippen molar-refractivity contribution in [2.24, 2.45) is 0 Å². The molecule has 5 nitrogen and oxygen atoms in total. The van der Waals surface area contributed by atoms with Gasteiger partial charge in [0.05, 0.1) is 12.6 Å². The number of aromatic nitrogens is 1. The zero-order chi connectivity index (χ0) is 13.0. The van der Waals surface area contributed by atoms with Crippen LogP contribution in [0.3, 0.4) is 0 Å². The third-order valence-electron chi connectivity index (χ3n) is 2.47. The minimum atomic E-state index is -1.03. The highest BCUT2D eigenvalue weighted by Gasteiger charge is 2.19. The van der Waals surface area contributed by atoms with Gasteiger partial charge < -0.3 is 14.7 Å². The predicted molar refractivity (Wildman–Crippen MR) is 65.9 cm³/mol. The molecule has 1 unspecified atom stereocenters. The molecule has 0 aliphatic carbocycles. The van der Waals surface area contributed by atoms with E-state index in [9.17, 15) is 4.79 Å². The van der Waals surface area contributed by atoms with E-state index in [0.29, 0.717) is 12.4 Å². The van der Waals surface area contributed by atoms with Crippen molar-refractivity contribution < 1.29 is 14.6 Å². The Balaban J connectivity index is 3.10. The Labute approximate surface area is 105 Å². The van der Waals surface area contributed by atoms with Gasteiger partial charge in [-0.2, -0.15) is 0 Å². The summed E-state index contributed by atoms with van der Waals surface area (Å²) in [6.07, 6.45) is 0. The maximum atomic E-state index is 11.1. The first kappa shape index (κ1) is 13.7. The molecule has 0 aliphatic heterocycles. The molecule has 0 saturated heterocycles. The second kappa shape index (κ2) is 5.84. The quantitative estimate of drug-likeness (QED) is 0.818. The zero-order valence-electron chi connectivity index (χ0n) is 9.98. The molecular weight excluding hydrogens is 244 g/mol. The van der Waals surface area contributed by atoms with Crippen molar-refractivity contribution in [1.29, 1.82) is 0 Å². The summed E-state index contributed by atoms with van der Waals surface area (Å²) in [5, 5.41) is 9.34. The van der Waals surface area contributed by atoms with E-state index in [2.05, 4.69) is 4.98 Å². The summed E-state index contributed by atoms with van der Waals surface area (Å²) in [6.45, 7) is 2.39. The van der Waals surface area contributed by atoms with Crippen LogP contribution < -0.4 is 4.90 Å². The normalized spacial score (nSPS) is 12.2. The van der Waals surface area contributed by atoms with E-state index < -0.39 is 5.97 Å². The SMILES string of the molecule is COCC(C)N(C)c1nc(Cl)ccc1C(=O)O. The average molecular weight is 259 g/mol. The molecule has 17 heavy (non-hydrogen) atoms. The van der Waals surface area contributed by atoms with E-state index in [-0.39, 0.29) is 16.8 Å². The van der Waals surface area contributed by atoms with Crippen LogP contribution in [0.1, 0.15) is 17.3 Å². The third-order valence-corrected chi connectivity index (χ3v) is 2.69. The van der Waals surface area contributed by atoms with Crippen molar-refractivity contribution in [3.05, 3.63) is 22.8 Å². The number of carbonyl (C=O) groups is 1. The lowest BCUT2D eigenvalue weighted by Gasteiger charge is -2.26. The molecule has 0 saturated carbocycles. The second-order valence-electron chi connectivity index (χ2n) is 3.73. The summed E-state index contributed by atoms with van der Waals surface area (Å²) in [6, 6.07) is 2.91. The molecule has 1 heterocycles. The Morgan fingerprint density at radius 1 is 1.65 bits per heavy atom. The Bertz CT molecular complexity index is 412. The van der Waals surface area contributed by atoms with E-state index in [1.165, 1.54) is 12.1 Å². The molecule has 0 fully saturated rings. The fourth-order valence-electron chi connectivity index (χ4n) is 1.42. The third kappa shape index (κ3) is 3.31. The summed E-state index contributed by atoms with van der Waals surface area (Å²) in [5.41, 5.74) is 0.125. The molecule has 1 atom stereocenters. The van der Waals surface area contributed by atoms with Gasteiger partial charge >= 0.3 is 5.97 Å². The Hall–Kier alpha value is -1.33. The number of carboxylic acid groups (broad SMARTS) is 1. The first-order valence-corrected chi connectivity index (χ1v) is 5.46. The lowest BCUT2D eigenvalue weighted by molar-refractivity contribution is 0.0697. The van der Waals surface area contributed by atoms with Crippen LogP contribution in [0.5, 0.6) is 0 Å². The number of likely N-dealkylation sites (N-methyl/N-ethyl adjacent to an activating group) is 1. The number of nitrogens with zero attached hydrogens (tertiary/aromatic N) is 2. The Morgan fingerprint density at radius 2 is 2.29 bits per heavy atom. The van der Waals surface area contributed by atoms with Crippen LogP contribution in [-0.4, -0.2) is 42.9 Å². The number of aromatic carboxylic acids is 1. The molecule has 0 amide bonds. The number of pyridine rings is 1. The monoisotopic (exact) mass is 258 g/mol. The number of anilines is 1. The van der Waals surface area contributed by atoms with Crippen LogP contribution in [0.2, 0.25) is 5.15 Å². The number of carboxylic acids is 1. The van der Waals surface area contributed by atoms with Crippen molar-refractivity contribution >= 4 is 23.4 Å². The average Bonchev–Trinajstić information content (AvgIpc) is 2.27.